The predicted octanol–water partition coefficient (Wildman–Crippen LogP) is 13.2. The third-order valence-corrected chi connectivity index (χ3v) is 15.4. The maximum Gasteiger partial charge on any atom is 1.00 e. The summed E-state index contributed by atoms with van der Waals surface area (Å²) in [5.74, 6) is 6.63. The SMILES string of the molecule is C.C=C(C)C1CC=C(C)CC1.C=C1C2CCC(C2)C1(C)C.C=C1CCC23CC2C(C)(C)C13.CC1=CCC23CC2C(C)(C)C13.[H+].[H+]. The molecule has 240 valence electrons. The molecule has 0 radical (unpaired) electrons. The zero-order valence-corrected chi connectivity index (χ0v) is 29.1. The fourth-order valence-corrected chi connectivity index (χ4v) is 12.9. The van der Waals surface area contributed by atoms with E-state index in [1.807, 2.05) is 0 Å². The number of allylic oxidation sites excluding steroid dienone is 7. The molecule has 0 heterocycles. The van der Waals surface area contributed by atoms with Crippen molar-refractivity contribution < 1.29 is 2.85 Å². The third-order valence-electron chi connectivity index (χ3n) is 15.4. The van der Waals surface area contributed by atoms with Crippen LogP contribution in [0.15, 0.2) is 59.8 Å². The van der Waals surface area contributed by atoms with E-state index in [2.05, 4.69) is 94.2 Å². The lowest BCUT2D eigenvalue weighted by atomic mass is 9.55. The van der Waals surface area contributed by atoms with Gasteiger partial charge in [0.1, 0.15) is 0 Å². The Balaban J connectivity index is 0.000000160. The molecule has 9 aliphatic rings. The fourth-order valence-electron chi connectivity index (χ4n) is 12.9. The minimum Gasteiger partial charge on any atom is -0.0998 e. The molecule has 9 rings (SSSR count). The van der Waals surface area contributed by atoms with E-state index in [-0.39, 0.29) is 10.3 Å². The normalized spacial score (nSPS) is 44.6. The van der Waals surface area contributed by atoms with Crippen molar-refractivity contribution in [3.63, 3.8) is 0 Å². The molecule has 0 aromatic carbocycles. The van der Waals surface area contributed by atoms with Gasteiger partial charge in [-0.05, 0) is 160 Å². The summed E-state index contributed by atoms with van der Waals surface area (Å²) in [5.41, 5.74) is 11.0. The summed E-state index contributed by atoms with van der Waals surface area (Å²) in [4.78, 5) is 0. The van der Waals surface area contributed by atoms with Gasteiger partial charge >= 0.3 is 2.85 Å². The second-order valence-corrected chi connectivity index (χ2v) is 18.6. The Morgan fingerprint density at radius 2 is 1.47 bits per heavy atom. The van der Waals surface area contributed by atoms with Gasteiger partial charge in [-0.15, -0.1) is 0 Å². The first-order valence-corrected chi connectivity index (χ1v) is 17.8. The highest BCUT2D eigenvalue weighted by molar-refractivity contribution is 5.38. The van der Waals surface area contributed by atoms with Gasteiger partial charge in [0, 0.05) is 0 Å². The Labute approximate surface area is 271 Å². The first-order valence-electron chi connectivity index (χ1n) is 17.8. The van der Waals surface area contributed by atoms with Crippen molar-refractivity contribution >= 4 is 0 Å². The molecule has 0 heteroatoms. The van der Waals surface area contributed by atoms with E-state index in [1.54, 1.807) is 16.7 Å². The molecule has 0 aromatic rings. The molecule has 7 fully saturated rings. The molecule has 9 unspecified atom stereocenters. The molecule has 2 spiro atoms. The van der Waals surface area contributed by atoms with Crippen LogP contribution in [0.4, 0.5) is 0 Å². The summed E-state index contributed by atoms with van der Waals surface area (Å²) in [6.07, 6.45) is 20.2. The van der Waals surface area contributed by atoms with Crippen molar-refractivity contribution in [3.05, 3.63) is 59.8 Å². The van der Waals surface area contributed by atoms with Crippen molar-refractivity contribution in [2.45, 2.75) is 140 Å². The van der Waals surface area contributed by atoms with E-state index in [4.69, 9.17) is 0 Å². The van der Waals surface area contributed by atoms with Crippen LogP contribution >= 0.6 is 0 Å². The Bertz CT molecular complexity index is 1230. The van der Waals surface area contributed by atoms with Crippen molar-refractivity contribution in [1.82, 2.24) is 0 Å². The van der Waals surface area contributed by atoms with E-state index in [0.29, 0.717) is 16.2 Å². The molecular weight excluding hydrogens is 516 g/mol. The molecule has 0 nitrogen and oxygen atoms in total. The molecule has 9 aliphatic carbocycles. The number of hydrogen-bond donors (Lipinski definition) is 0. The fraction of sp³-hybridized carbons (Fsp3) is 0.767. The molecule has 2 bridgehead atoms. The van der Waals surface area contributed by atoms with E-state index < -0.39 is 0 Å². The molecular formula is C43H70+2. The monoisotopic (exact) mass is 587 g/mol. The van der Waals surface area contributed by atoms with E-state index in [1.165, 1.54) is 81.8 Å². The summed E-state index contributed by atoms with van der Waals surface area (Å²) in [7, 11) is 0. The molecule has 43 heavy (non-hydrogen) atoms. The average Bonchev–Trinajstić information content (AvgIpc) is 3.48. The van der Waals surface area contributed by atoms with Crippen molar-refractivity contribution in [1.29, 1.82) is 0 Å². The number of fused-ring (bicyclic) bond motifs is 2. The zero-order valence-electron chi connectivity index (χ0n) is 31.1. The molecule has 7 saturated carbocycles. The highest BCUT2D eigenvalue weighted by Crippen LogP contribution is 2.86. The largest absolute Gasteiger partial charge is 1.00 e. The lowest BCUT2D eigenvalue weighted by molar-refractivity contribution is 0.0196. The van der Waals surface area contributed by atoms with Crippen LogP contribution in [0.1, 0.15) is 143 Å². The van der Waals surface area contributed by atoms with Crippen LogP contribution in [0.5, 0.6) is 0 Å². The summed E-state index contributed by atoms with van der Waals surface area (Å²) in [6, 6.07) is 0. The van der Waals surface area contributed by atoms with E-state index in [0.717, 1.165) is 52.3 Å². The van der Waals surface area contributed by atoms with Crippen molar-refractivity contribution in [2.24, 2.45) is 68.5 Å². The predicted molar refractivity (Wildman–Crippen MR) is 191 cm³/mol. The lowest BCUT2D eigenvalue weighted by Gasteiger charge is -2.48. The summed E-state index contributed by atoms with van der Waals surface area (Å²) in [5, 5.41) is 0. The summed E-state index contributed by atoms with van der Waals surface area (Å²) in [6.45, 7) is 33.6. The smallest absolute Gasteiger partial charge is 0.0998 e. The van der Waals surface area contributed by atoms with Gasteiger partial charge < -0.3 is 0 Å². The third kappa shape index (κ3) is 4.89. The Kier molecular flexibility index (Phi) is 8.17. The van der Waals surface area contributed by atoms with Gasteiger partial charge in [0.15, 0.2) is 0 Å². The first kappa shape index (κ1) is 33.1. The van der Waals surface area contributed by atoms with Crippen LogP contribution < -0.4 is 0 Å². The van der Waals surface area contributed by atoms with Crippen molar-refractivity contribution in [3.8, 4) is 0 Å². The molecule has 0 aromatic heterocycles. The topological polar surface area (TPSA) is 0 Å². The van der Waals surface area contributed by atoms with Gasteiger partial charge in [0.2, 0.25) is 0 Å². The van der Waals surface area contributed by atoms with Crippen LogP contribution in [-0.4, -0.2) is 0 Å². The van der Waals surface area contributed by atoms with Crippen LogP contribution in [0.2, 0.25) is 0 Å². The zero-order chi connectivity index (χ0) is 30.6. The minimum atomic E-state index is 0. The molecule has 9 atom stereocenters. The molecule has 0 saturated heterocycles. The molecule has 0 N–H and O–H groups in total. The Hall–Kier alpha value is -1.30. The maximum absolute atomic E-state index is 4.20. The van der Waals surface area contributed by atoms with Crippen LogP contribution in [0, 0.1) is 68.5 Å². The van der Waals surface area contributed by atoms with Gasteiger partial charge in [0.05, 0.1) is 0 Å². The van der Waals surface area contributed by atoms with Gasteiger partial charge in [-0.1, -0.05) is 109 Å². The maximum atomic E-state index is 4.20. The number of hydrogen-bond acceptors (Lipinski definition) is 0. The molecule has 0 amide bonds. The summed E-state index contributed by atoms with van der Waals surface area (Å²) < 4.78 is 0. The highest BCUT2D eigenvalue weighted by atomic mass is 14.8. The Morgan fingerprint density at radius 3 is 1.91 bits per heavy atom. The Morgan fingerprint density at radius 1 is 0.837 bits per heavy atom. The van der Waals surface area contributed by atoms with Gasteiger partial charge in [-0.2, -0.15) is 0 Å². The number of rotatable bonds is 1. The minimum absolute atomic E-state index is 0. The van der Waals surface area contributed by atoms with Crippen LogP contribution in [0.25, 0.3) is 0 Å². The van der Waals surface area contributed by atoms with Crippen molar-refractivity contribution in [2.75, 3.05) is 0 Å². The first-order chi connectivity index (χ1) is 19.5. The second kappa shape index (κ2) is 10.6. The van der Waals surface area contributed by atoms with Crippen LogP contribution in [-0.2, 0) is 0 Å². The van der Waals surface area contributed by atoms with E-state index >= 15 is 0 Å². The average molecular weight is 587 g/mol. The lowest BCUT2D eigenvalue weighted by Crippen LogP contribution is -2.43. The van der Waals surface area contributed by atoms with Gasteiger partial charge in [-0.25, -0.2) is 0 Å². The van der Waals surface area contributed by atoms with Crippen LogP contribution in [0.3, 0.4) is 0 Å². The second-order valence-electron chi connectivity index (χ2n) is 18.6. The van der Waals surface area contributed by atoms with Gasteiger partial charge in [-0.3, -0.25) is 0 Å². The summed E-state index contributed by atoms with van der Waals surface area (Å²) >= 11 is 0. The standard InChI is InChI=1S/2C11H16.2C10H16.CH4/c2*1-7-4-5-11-6-8(11)10(2,3)9(7)11;1-7-8-4-5-9(6-8)10(7,2)3;1-8(2)10-6-4-9(3)5-7-10;/h4,8-9H,5-6H2,1-3H3;8-9H,1,4-6H2,2-3H3;8-9H,1,4-6H2,2-3H3;4,10H,1,5-7H2,2-3H3;1H4/p+2. The highest BCUT2D eigenvalue weighted by Gasteiger charge is 2.79. The van der Waals surface area contributed by atoms with Gasteiger partial charge in [0.25, 0.3) is 0 Å². The quantitative estimate of drug-likeness (QED) is 0.268. The van der Waals surface area contributed by atoms with E-state index in [9.17, 15) is 0 Å². The molecule has 0 aliphatic heterocycles.